The molecule has 1 atom stereocenters. The van der Waals surface area contributed by atoms with Crippen LogP contribution in [-0.4, -0.2) is 62.6 Å². The number of nitrogens with zero attached hydrogens (tertiary/aromatic N) is 3. The van der Waals surface area contributed by atoms with Crippen molar-refractivity contribution in [1.82, 2.24) is 15.5 Å². The monoisotopic (exact) mass is 485 g/mol. The van der Waals surface area contributed by atoms with Crippen LogP contribution in [0.2, 0.25) is 0 Å². The lowest BCUT2D eigenvalue weighted by Gasteiger charge is -2.28. The quantitative estimate of drug-likeness (QED) is 0.382. The summed E-state index contributed by atoms with van der Waals surface area (Å²) in [6, 6.07) is 9.98. The Bertz CT molecular complexity index is 616. The highest BCUT2D eigenvalue weighted by molar-refractivity contribution is 14.0. The van der Waals surface area contributed by atoms with E-state index in [9.17, 15) is 4.79 Å². The molecule has 6 nitrogen and oxygen atoms in total. The van der Waals surface area contributed by atoms with Crippen molar-refractivity contribution < 1.29 is 4.79 Å². The molecule has 2 heterocycles. The first-order valence-corrected chi connectivity index (χ1v) is 9.74. The summed E-state index contributed by atoms with van der Waals surface area (Å²) < 4.78 is 0. The zero-order valence-corrected chi connectivity index (χ0v) is 18.7. The Hall–Kier alpha value is -1.35. The molecule has 150 valence electrons. The van der Waals surface area contributed by atoms with Crippen molar-refractivity contribution in [2.24, 2.45) is 10.9 Å². The van der Waals surface area contributed by atoms with Gasteiger partial charge in [0.1, 0.15) is 0 Å². The van der Waals surface area contributed by atoms with Gasteiger partial charge in [-0.1, -0.05) is 18.2 Å². The van der Waals surface area contributed by atoms with Gasteiger partial charge in [-0.2, -0.15) is 0 Å². The molecule has 0 spiro atoms. The maximum Gasteiger partial charge on any atom is 0.229 e. The second kappa shape index (κ2) is 10.8. The first kappa shape index (κ1) is 21.9. The predicted octanol–water partition coefficient (Wildman–Crippen LogP) is 2.31. The van der Waals surface area contributed by atoms with E-state index in [-0.39, 0.29) is 35.9 Å². The number of benzene rings is 1. The van der Waals surface area contributed by atoms with Gasteiger partial charge in [-0.3, -0.25) is 9.79 Å². The molecular formula is C20H32IN5O. The van der Waals surface area contributed by atoms with Crippen molar-refractivity contribution >= 4 is 41.5 Å². The number of anilines is 1. The number of hydrogen-bond donors (Lipinski definition) is 2. The zero-order chi connectivity index (χ0) is 18.4. The van der Waals surface area contributed by atoms with Gasteiger partial charge in [0.25, 0.3) is 0 Å². The summed E-state index contributed by atoms with van der Waals surface area (Å²) in [5.74, 6) is 1.66. The fraction of sp³-hybridized carbons (Fsp3) is 0.600. The van der Waals surface area contributed by atoms with E-state index in [1.54, 1.807) is 0 Å². The van der Waals surface area contributed by atoms with E-state index in [0.29, 0.717) is 18.9 Å². The number of likely N-dealkylation sites (tertiary alicyclic amines) is 1. The van der Waals surface area contributed by atoms with Crippen LogP contribution in [0.25, 0.3) is 0 Å². The van der Waals surface area contributed by atoms with E-state index in [1.165, 1.54) is 12.8 Å². The number of hydrogen-bond acceptors (Lipinski definition) is 3. The van der Waals surface area contributed by atoms with Gasteiger partial charge < -0.3 is 20.4 Å². The number of carbonyl (C=O) groups is 1. The summed E-state index contributed by atoms with van der Waals surface area (Å²) in [6.45, 7) is 6.75. The smallest absolute Gasteiger partial charge is 0.229 e. The summed E-state index contributed by atoms with van der Waals surface area (Å²) in [4.78, 5) is 21.4. The van der Waals surface area contributed by atoms with Crippen LogP contribution in [-0.2, 0) is 4.79 Å². The molecule has 0 aliphatic carbocycles. The first-order chi connectivity index (χ1) is 12.7. The molecular weight excluding hydrogens is 453 g/mol. The fourth-order valence-electron chi connectivity index (χ4n) is 3.64. The molecule has 0 saturated carbocycles. The minimum Gasteiger partial charge on any atom is -0.357 e. The van der Waals surface area contributed by atoms with Crippen LogP contribution < -0.4 is 15.5 Å². The molecule has 0 bridgehead atoms. The average Bonchev–Trinajstić information content (AvgIpc) is 3.02. The third-order valence-electron chi connectivity index (χ3n) is 5.22. The Labute approximate surface area is 179 Å². The normalized spacial score (nSPS) is 21.9. The van der Waals surface area contributed by atoms with Crippen LogP contribution in [0.4, 0.5) is 5.69 Å². The largest absolute Gasteiger partial charge is 0.357 e. The van der Waals surface area contributed by atoms with Crippen LogP contribution in [0.15, 0.2) is 35.3 Å². The average molecular weight is 485 g/mol. The molecule has 3 rings (SSSR count). The Morgan fingerprint density at radius 2 is 1.93 bits per heavy atom. The fourth-order valence-corrected chi connectivity index (χ4v) is 3.64. The van der Waals surface area contributed by atoms with E-state index in [4.69, 9.17) is 4.99 Å². The third-order valence-corrected chi connectivity index (χ3v) is 5.22. The van der Waals surface area contributed by atoms with Gasteiger partial charge >= 0.3 is 0 Å². The lowest BCUT2D eigenvalue weighted by Crippen LogP contribution is -2.45. The van der Waals surface area contributed by atoms with Gasteiger partial charge in [0.05, 0.1) is 6.04 Å². The van der Waals surface area contributed by atoms with Crippen LogP contribution in [0.1, 0.15) is 26.2 Å². The topological polar surface area (TPSA) is 60.0 Å². The Kier molecular flexibility index (Phi) is 8.82. The van der Waals surface area contributed by atoms with E-state index in [0.717, 1.165) is 37.8 Å². The number of piperidine rings is 1. The number of para-hydroxylation sites is 1. The van der Waals surface area contributed by atoms with Crippen molar-refractivity contribution in [3.8, 4) is 0 Å². The summed E-state index contributed by atoms with van der Waals surface area (Å²) in [5.41, 5.74) is 0.968. The van der Waals surface area contributed by atoms with Crippen LogP contribution >= 0.6 is 24.0 Å². The van der Waals surface area contributed by atoms with Crippen molar-refractivity contribution in [2.75, 3.05) is 44.7 Å². The second-order valence-corrected chi connectivity index (χ2v) is 7.35. The Morgan fingerprint density at radius 1 is 1.22 bits per heavy atom. The van der Waals surface area contributed by atoms with E-state index in [2.05, 4.69) is 29.5 Å². The van der Waals surface area contributed by atoms with E-state index < -0.39 is 0 Å². The molecule has 2 saturated heterocycles. The van der Waals surface area contributed by atoms with Gasteiger partial charge in [-0.25, -0.2) is 0 Å². The Morgan fingerprint density at radius 3 is 2.59 bits per heavy atom. The highest BCUT2D eigenvalue weighted by Crippen LogP contribution is 2.21. The molecule has 1 aromatic carbocycles. The zero-order valence-electron chi connectivity index (χ0n) is 16.4. The maximum absolute atomic E-state index is 12.4. The van der Waals surface area contributed by atoms with Crippen molar-refractivity contribution in [2.45, 2.75) is 32.2 Å². The lowest BCUT2D eigenvalue weighted by atomic mass is 9.97. The molecule has 27 heavy (non-hydrogen) atoms. The van der Waals surface area contributed by atoms with Crippen LogP contribution in [0.5, 0.6) is 0 Å². The predicted molar refractivity (Wildman–Crippen MR) is 122 cm³/mol. The molecule has 1 amide bonds. The summed E-state index contributed by atoms with van der Waals surface area (Å²) in [6.07, 6.45) is 2.93. The lowest BCUT2D eigenvalue weighted by molar-refractivity contribution is -0.117. The van der Waals surface area contributed by atoms with Gasteiger partial charge in [-0.05, 0) is 58.0 Å². The first-order valence-electron chi connectivity index (χ1n) is 9.74. The molecule has 2 aliphatic rings. The standard InChI is InChI=1S/C20H31N5O.HI/c1-3-21-20(22-14-16-9-11-24(2)12-10-16)23-17-13-19(26)25(15-17)18-7-5-4-6-8-18;/h4-8,16-17H,3,9-15H2,1-2H3,(H2,21,22,23);1H. The number of nitrogens with one attached hydrogen (secondary N) is 2. The summed E-state index contributed by atoms with van der Waals surface area (Å²) in [5, 5.41) is 6.79. The van der Waals surface area contributed by atoms with Gasteiger partial charge in [-0.15, -0.1) is 24.0 Å². The Balaban J connectivity index is 0.00000261. The van der Waals surface area contributed by atoms with Gasteiger partial charge in [0, 0.05) is 31.7 Å². The van der Waals surface area contributed by atoms with Crippen molar-refractivity contribution in [3.63, 3.8) is 0 Å². The second-order valence-electron chi connectivity index (χ2n) is 7.35. The molecule has 0 radical (unpaired) electrons. The van der Waals surface area contributed by atoms with Crippen LogP contribution in [0, 0.1) is 5.92 Å². The van der Waals surface area contributed by atoms with Crippen molar-refractivity contribution in [1.29, 1.82) is 0 Å². The minimum atomic E-state index is 0. The number of halogens is 1. The molecule has 7 heteroatoms. The number of rotatable bonds is 5. The molecule has 0 aromatic heterocycles. The maximum atomic E-state index is 12.4. The van der Waals surface area contributed by atoms with E-state index >= 15 is 0 Å². The molecule has 1 unspecified atom stereocenters. The number of carbonyl (C=O) groups excluding carboxylic acids is 1. The molecule has 2 aliphatic heterocycles. The molecule has 1 aromatic rings. The highest BCUT2D eigenvalue weighted by atomic mass is 127. The van der Waals surface area contributed by atoms with Gasteiger partial charge in [0.2, 0.25) is 5.91 Å². The molecule has 2 fully saturated rings. The third kappa shape index (κ3) is 6.34. The summed E-state index contributed by atoms with van der Waals surface area (Å²) in [7, 11) is 2.18. The number of aliphatic imine (C=N–C) groups is 1. The van der Waals surface area contributed by atoms with Crippen molar-refractivity contribution in [3.05, 3.63) is 30.3 Å². The van der Waals surface area contributed by atoms with Gasteiger partial charge in [0.15, 0.2) is 5.96 Å². The van der Waals surface area contributed by atoms with E-state index in [1.807, 2.05) is 35.2 Å². The summed E-state index contributed by atoms with van der Waals surface area (Å²) >= 11 is 0. The minimum absolute atomic E-state index is 0. The molecule has 2 N–H and O–H groups in total. The SMILES string of the molecule is CCNC(=NCC1CCN(C)CC1)NC1CC(=O)N(c2ccccc2)C1.I. The number of guanidine groups is 1. The van der Waals surface area contributed by atoms with Crippen LogP contribution in [0.3, 0.4) is 0 Å². The highest BCUT2D eigenvalue weighted by Gasteiger charge is 2.31. The number of amides is 1.